The van der Waals surface area contributed by atoms with Gasteiger partial charge in [0.25, 0.3) is 23.6 Å². The zero-order valence-electron chi connectivity index (χ0n) is 60.9. The number of nitrogens with zero attached hydrogens (tertiary/aromatic N) is 2. The van der Waals surface area contributed by atoms with Crippen molar-refractivity contribution in [3.8, 4) is 80.5 Å². The van der Waals surface area contributed by atoms with Crippen LogP contribution in [0.1, 0.15) is 66.4 Å². The highest BCUT2D eigenvalue weighted by molar-refractivity contribution is 6.45. The van der Waals surface area contributed by atoms with Crippen LogP contribution in [0.25, 0.3) is 43.1 Å². The molecule has 112 heavy (non-hydrogen) atoms. The molecule has 4 N–H and O–H groups in total. The second-order valence-corrected chi connectivity index (χ2v) is 27.8. The normalized spacial score (nSPS) is 17.7. The molecule has 6 heterocycles. The molecule has 0 bridgehead atoms. The lowest BCUT2D eigenvalue weighted by Gasteiger charge is -2.36. The first kappa shape index (κ1) is 72.6. The molecular weight excluding hydrogens is 1440 g/mol. The number of rotatable bonds is 36. The van der Waals surface area contributed by atoms with Crippen LogP contribution in [0.15, 0.2) is 170 Å². The van der Waals surface area contributed by atoms with Crippen molar-refractivity contribution in [3.05, 3.63) is 203 Å². The van der Waals surface area contributed by atoms with E-state index in [2.05, 4.69) is 10.6 Å². The van der Waals surface area contributed by atoms with Gasteiger partial charge in [0.2, 0.25) is 11.8 Å². The molecule has 4 fully saturated rings. The van der Waals surface area contributed by atoms with E-state index in [1.807, 2.05) is 13.8 Å². The van der Waals surface area contributed by atoms with Crippen LogP contribution in [-0.2, 0) is 50.9 Å². The van der Waals surface area contributed by atoms with Gasteiger partial charge >= 0.3 is 0 Å². The number of carbonyl (C=O) groups excluding carboxylic acids is 6. The molecule has 6 atom stereocenters. The van der Waals surface area contributed by atoms with Gasteiger partial charge in [-0.15, -0.1) is 0 Å². The largest absolute Gasteiger partial charge is 0.508 e. The number of nitrogens with one attached hydrogen (secondary N) is 2. The molecule has 11 aromatic rings. The lowest BCUT2D eigenvalue weighted by molar-refractivity contribution is -0.125. The second kappa shape index (κ2) is 31.2. The Morgan fingerprint density at radius 3 is 0.911 bits per heavy atom. The Morgan fingerprint density at radius 1 is 0.384 bits per heavy atom. The van der Waals surface area contributed by atoms with E-state index in [1.165, 1.54) is 48.5 Å². The summed E-state index contributed by atoms with van der Waals surface area (Å²) >= 11 is 0. The molecule has 26 nitrogen and oxygen atoms in total. The van der Waals surface area contributed by atoms with E-state index in [0.717, 1.165) is 9.80 Å². The van der Waals surface area contributed by atoms with E-state index < -0.39 is 47.5 Å². The maximum Gasteiger partial charge on any atom is 0.262 e. The van der Waals surface area contributed by atoms with Crippen molar-refractivity contribution in [3.63, 3.8) is 0 Å². The first-order valence-corrected chi connectivity index (χ1v) is 37.2. The fraction of sp³-hybridized carbons (Fsp3) is 0.279. The van der Waals surface area contributed by atoms with Crippen molar-refractivity contribution in [2.24, 2.45) is 0 Å². The first-order valence-electron chi connectivity index (χ1n) is 37.2. The Balaban J connectivity index is 0.982. The Hall–Kier alpha value is -12.3. The van der Waals surface area contributed by atoms with Gasteiger partial charge in [-0.1, -0.05) is 48.5 Å². The summed E-state index contributed by atoms with van der Waals surface area (Å²) < 4.78 is 87.7. The van der Waals surface area contributed by atoms with Crippen LogP contribution in [0, 0.1) is 0 Å². The van der Waals surface area contributed by atoms with Crippen molar-refractivity contribution in [2.45, 2.75) is 63.2 Å². The quantitative estimate of drug-likeness (QED) is 0.00932. The van der Waals surface area contributed by atoms with Crippen molar-refractivity contribution < 1.29 is 105 Å². The lowest BCUT2D eigenvalue weighted by atomic mass is 9.80. The van der Waals surface area contributed by atoms with E-state index in [1.54, 1.807) is 121 Å². The summed E-state index contributed by atoms with van der Waals surface area (Å²) in [5, 5.41) is 27.8. The third-order valence-corrected chi connectivity index (χ3v) is 19.9. The number of hydrogen-bond donors (Lipinski definition) is 4. The summed E-state index contributed by atoms with van der Waals surface area (Å²) in [6.07, 6.45) is -0.962. The Labute approximate surface area is 640 Å². The maximum absolute atomic E-state index is 16.6. The van der Waals surface area contributed by atoms with E-state index in [0.29, 0.717) is 73.8 Å². The predicted octanol–water partition coefficient (Wildman–Crippen LogP) is 12.1. The molecule has 0 spiro atoms. The topological polar surface area (TPSA) is 316 Å². The number of benzene rings is 11. The number of phenolic OH excluding ortho intramolecular Hbond substituents is 2. The molecule has 26 heteroatoms. The number of aromatic hydroxyl groups is 2. The van der Waals surface area contributed by atoms with E-state index in [9.17, 15) is 10.2 Å². The molecule has 0 aliphatic carbocycles. The van der Waals surface area contributed by atoms with Crippen LogP contribution < -0.4 is 48.5 Å². The standard InChI is InChI=1S/C86H76N4O22/c1-3-99-27-25-87-81(93)67(29-47-17-21-49(91)22-18-47)89-83(95)63-35-69(109-55-13-5-9-51(31-55)101-39-59-43-105-59)75-77-71(111-57-15-7-11-53(33-57)103-41-61-45-107-61)37-65-74-66(86(98)90(85(65)97)68(82(94)88-26-28-100-4-2)30-48-19-23-50(92)24-20-48)38-72(112-58-16-8-12-54(34-58)104-42-62-46-108-62)78(80(74)77)76-70(36-64(84(89)96)73(63)79(75)76)110-56-14-6-10-52(32-56)102-40-60-44-106-60/h5-24,31-38,59-62,67-68,91-92H,3-4,25-30,39-46H2,1-2H3,(H,87,93)(H,88,94). The summed E-state index contributed by atoms with van der Waals surface area (Å²) in [5.41, 5.74) is 0.533. The van der Waals surface area contributed by atoms with Crippen LogP contribution >= 0.6 is 0 Å². The van der Waals surface area contributed by atoms with Gasteiger partial charge in [0, 0.05) is 107 Å². The zero-order valence-corrected chi connectivity index (χ0v) is 60.9. The molecule has 4 saturated heterocycles. The number of epoxide rings is 4. The average molecular weight is 1520 g/mol. The third kappa shape index (κ3) is 15.4. The van der Waals surface area contributed by atoms with Crippen LogP contribution in [0.2, 0.25) is 0 Å². The van der Waals surface area contributed by atoms with Gasteiger partial charge in [-0.3, -0.25) is 38.6 Å². The first-order chi connectivity index (χ1) is 54.7. The number of phenols is 2. The lowest BCUT2D eigenvalue weighted by Crippen LogP contribution is -2.55. The summed E-state index contributed by atoms with van der Waals surface area (Å²) in [5.74, 6) is -3.00. The number of ether oxygens (including phenoxy) is 14. The number of imide groups is 2. The van der Waals surface area contributed by atoms with Crippen LogP contribution in [0.5, 0.6) is 80.5 Å². The van der Waals surface area contributed by atoms with Gasteiger partial charge in [-0.25, -0.2) is 0 Å². The molecule has 17 rings (SSSR count). The van der Waals surface area contributed by atoms with Crippen LogP contribution in [-0.4, -0.2) is 184 Å². The molecule has 6 unspecified atom stereocenters. The van der Waals surface area contributed by atoms with E-state index in [4.69, 9.17) is 66.3 Å². The molecular formula is C86H76N4O22. The van der Waals surface area contributed by atoms with Gasteiger partial charge in [0.15, 0.2) is 0 Å². The Kier molecular flexibility index (Phi) is 20.2. The fourth-order valence-corrected chi connectivity index (χ4v) is 14.2. The molecule has 6 aliphatic heterocycles. The molecule has 0 saturated carbocycles. The van der Waals surface area contributed by atoms with Gasteiger partial charge in [-0.05, 0) is 122 Å². The van der Waals surface area contributed by atoms with Crippen molar-refractivity contribution in [2.75, 3.05) is 92.4 Å². The van der Waals surface area contributed by atoms with Crippen molar-refractivity contribution in [1.82, 2.24) is 20.4 Å². The minimum atomic E-state index is -1.55. The average Bonchev–Trinajstić information content (AvgIpc) is 1.10. The fourth-order valence-electron chi connectivity index (χ4n) is 14.2. The Morgan fingerprint density at radius 2 is 0.652 bits per heavy atom. The molecule has 6 amide bonds. The zero-order chi connectivity index (χ0) is 76.7. The minimum absolute atomic E-state index is 0.0132. The monoisotopic (exact) mass is 1520 g/mol. The second-order valence-electron chi connectivity index (χ2n) is 27.8. The molecule has 0 aromatic heterocycles. The summed E-state index contributed by atoms with van der Waals surface area (Å²) in [7, 11) is 0. The van der Waals surface area contributed by atoms with Crippen LogP contribution in [0.3, 0.4) is 0 Å². The van der Waals surface area contributed by atoms with E-state index in [-0.39, 0.29) is 213 Å². The van der Waals surface area contributed by atoms with Gasteiger partial charge in [0.05, 0.1) is 61.9 Å². The highest BCUT2D eigenvalue weighted by Crippen LogP contribution is 2.58. The summed E-state index contributed by atoms with van der Waals surface area (Å²) in [4.78, 5) is 98.7. The maximum atomic E-state index is 16.6. The van der Waals surface area contributed by atoms with E-state index >= 15 is 28.8 Å². The summed E-state index contributed by atoms with van der Waals surface area (Å²) in [6, 6.07) is 42.4. The predicted molar refractivity (Wildman–Crippen MR) is 406 cm³/mol. The van der Waals surface area contributed by atoms with Gasteiger partial charge in [-0.2, -0.15) is 0 Å². The summed E-state index contributed by atoms with van der Waals surface area (Å²) in [6.45, 7) is 7.53. The minimum Gasteiger partial charge on any atom is -0.508 e. The van der Waals surface area contributed by atoms with Gasteiger partial charge < -0.3 is 87.2 Å². The highest BCUT2D eigenvalue weighted by atomic mass is 16.6. The third-order valence-electron chi connectivity index (χ3n) is 19.9. The number of hydrogen-bond acceptors (Lipinski definition) is 22. The SMILES string of the molecule is CCOCCNC(=O)C(Cc1ccc(O)cc1)N1C(=O)c2cc(Oc3cccc(OCC4CO4)c3)c3c4c(Oc5cccc(OCC6CO6)c5)cc5c6c(cc(Oc7cccc(OCC8CO8)c7)c(c7c(Oc8cccc(OCC9CO9)c8)cc(c2c37)C1=O)c64)C(=O)N(C(Cc1ccc(O)cc1)C(=O)NCCOCC)C5=O. The van der Waals surface area contributed by atoms with Crippen molar-refractivity contribution in [1.29, 1.82) is 0 Å². The number of fused-ring (bicyclic) bond motifs is 2. The Bertz CT molecular complexity index is 4900. The number of amides is 6. The molecule has 0 radical (unpaired) electrons. The molecule has 6 aliphatic rings. The smallest absolute Gasteiger partial charge is 0.262 e. The molecule has 11 aromatic carbocycles. The van der Waals surface area contributed by atoms with Crippen molar-refractivity contribution >= 4 is 78.5 Å². The van der Waals surface area contributed by atoms with Crippen LogP contribution in [0.4, 0.5) is 0 Å². The molecule has 572 valence electrons. The number of carbonyl (C=O) groups is 6. The highest BCUT2D eigenvalue weighted by Gasteiger charge is 2.47. The van der Waals surface area contributed by atoms with Gasteiger partial charge in [0.1, 0.15) is 143 Å².